The van der Waals surface area contributed by atoms with E-state index in [-0.39, 0.29) is 22.7 Å². The Balaban J connectivity index is 1.43. The van der Waals surface area contributed by atoms with Crippen LogP contribution in [0.3, 0.4) is 0 Å². The number of hydrogen-bond acceptors (Lipinski definition) is 6. The maximum atomic E-state index is 12.7. The largest absolute Gasteiger partial charge is 0.456 e. The van der Waals surface area contributed by atoms with Gasteiger partial charge >= 0.3 is 5.51 Å². The van der Waals surface area contributed by atoms with Crippen LogP contribution in [0.15, 0.2) is 57.7 Å². The van der Waals surface area contributed by atoms with E-state index in [1.54, 1.807) is 19.1 Å². The topological polar surface area (TPSA) is 75.8 Å². The average Bonchev–Trinajstić information content (AvgIpc) is 3.28. The summed E-state index contributed by atoms with van der Waals surface area (Å²) in [6.07, 6.45) is 3.77. The van der Waals surface area contributed by atoms with Gasteiger partial charge in [-0.15, -0.1) is 11.3 Å². The number of thiazole rings is 1. The van der Waals surface area contributed by atoms with E-state index in [2.05, 4.69) is 27.1 Å². The van der Waals surface area contributed by atoms with Gasteiger partial charge in [-0.1, -0.05) is 18.6 Å². The summed E-state index contributed by atoms with van der Waals surface area (Å²) in [5, 5.41) is 5.59. The van der Waals surface area contributed by atoms with Crippen LogP contribution in [-0.2, 0) is 0 Å². The van der Waals surface area contributed by atoms with Crippen molar-refractivity contribution >= 4 is 34.2 Å². The molecular formula is C26H30F3N5OS2. The molecule has 6 nitrogen and oxygen atoms in total. The molecule has 1 aromatic heterocycles. The average molecular weight is 550 g/mol. The summed E-state index contributed by atoms with van der Waals surface area (Å²) < 4.78 is 44.2. The number of piperidine rings is 1. The first kappa shape index (κ1) is 27.3. The van der Waals surface area contributed by atoms with Crippen LogP contribution in [-0.4, -0.2) is 47.0 Å². The minimum Gasteiger partial charge on any atom is -0.456 e. The summed E-state index contributed by atoms with van der Waals surface area (Å²) in [5.41, 5.74) is 3.87. The number of guanidine groups is 1. The van der Waals surface area contributed by atoms with Gasteiger partial charge in [-0.3, -0.25) is 0 Å². The van der Waals surface area contributed by atoms with Crippen LogP contribution in [0.5, 0.6) is 11.5 Å². The summed E-state index contributed by atoms with van der Waals surface area (Å²) in [5.74, 6) is 1.35. The number of hydrogen-bond donors (Lipinski definition) is 2. The van der Waals surface area contributed by atoms with Gasteiger partial charge in [0.1, 0.15) is 11.5 Å². The molecule has 1 atom stereocenters. The second kappa shape index (κ2) is 12.2. The molecule has 0 saturated carbocycles. The number of aryl methyl sites for hydroxylation is 1. The number of aromatic nitrogens is 1. The van der Waals surface area contributed by atoms with Crippen LogP contribution in [0.25, 0.3) is 11.3 Å². The second-order valence-electron chi connectivity index (χ2n) is 8.96. The van der Waals surface area contributed by atoms with Crippen molar-refractivity contribution in [2.75, 3.05) is 25.0 Å². The first-order chi connectivity index (χ1) is 17.7. The molecule has 2 aromatic carbocycles. The molecule has 0 bridgehead atoms. The third-order valence-electron chi connectivity index (χ3n) is 5.83. The fourth-order valence-corrected chi connectivity index (χ4v) is 5.57. The number of ether oxygens (including phenoxy) is 1. The van der Waals surface area contributed by atoms with Crippen molar-refractivity contribution in [3.05, 3.63) is 53.4 Å². The summed E-state index contributed by atoms with van der Waals surface area (Å²) in [7, 11) is 0. The Kier molecular flexibility index (Phi) is 8.99. The number of thioether (sulfide) groups is 1. The molecule has 1 saturated heterocycles. The van der Waals surface area contributed by atoms with E-state index in [0.717, 1.165) is 25.2 Å². The minimum atomic E-state index is -4.34. The normalized spacial score (nSPS) is 16.0. The summed E-state index contributed by atoms with van der Waals surface area (Å²) in [6.45, 7) is 6.88. The molecular weight excluding hydrogens is 519 g/mol. The number of anilines is 1. The van der Waals surface area contributed by atoms with E-state index in [0.29, 0.717) is 33.8 Å². The van der Waals surface area contributed by atoms with Gasteiger partial charge in [-0.2, -0.15) is 13.2 Å². The van der Waals surface area contributed by atoms with E-state index < -0.39 is 5.51 Å². The third kappa shape index (κ3) is 8.11. The van der Waals surface area contributed by atoms with Crippen LogP contribution >= 0.6 is 23.1 Å². The number of alkyl halides is 3. The maximum absolute atomic E-state index is 12.7. The molecule has 2 heterocycles. The zero-order chi connectivity index (χ0) is 26.4. The number of likely N-dealkylation sites (tertiary alicyclic amines) is 1. The fraction of sp³-hybridized carbons (Fsp3) is 0.385. The molecule has 1 aliphatic rings. The first-order valence-electron chi connectivity index (χ1n) is 12.1. The predicted octanol–water partition coefficient (Wildman–Crippen LogP) is 7.12. The van der Waals surface area contributed by atoms with Gasteiger partial charge in [0, 0.05) is 22.4 Å². The standard InChI is InChI=1S/C26H30F3N5OS2/c1-17-14-19(37-26(27,28)29)10-11-22(17)35-23-9-5-4-8-20(23)21-16-36-25(32-21)33-24(30)31-18(2)15-34-12-6-3-7-13-34/h4-5,8-11,14,16,18H,3,6-7,12-13,15H2,1-2H3,(H3,30,31,32,33). The smallest absolute Gasteiger partial charge is 0.446 e. The Bertz CT molecular complexity index is 1220. The number of rotatable bonds is 8. The Hall–Kier alpha value is -2.76. The minimum absolute atomic E-state index is 0.0725. The lowest BCUT2D eigenvalue weighted by atomic mass is 10.1. The van der Waals surface area contributed by atoms with Gasteiger partial charge in [0.2, 0.25) is 0 Å². The van der Waals surface area contributed by atoms with Gasteiger partial charge < -0.3 is 20.7 Å². The summed E-state index contributed by atoms with van der Waals surface area (Å²) in [4.78, 5) is 11.8. The molecule has 198 valence electrons. The molecule has 37 heavy (non-hydrogen) atoms. The number of para-hydroxylation sites is 1. The lowest BCUT2D eigenvalue weighted by Crippen LogP contribution is -2.36. The number of benzene rings is 2. The predicted molar refractivity (Wildman–Crippen MR) is 146 cm³/mol. The second-order valence-corrected chi connectivity index (χ2v) is 11.0. The quantitative estimate of drug-likeness (QED) is 0.177. The number of aliphatic imine (C=N–C) groups is 1. The molecule has 11 heteroatoms. The number of nitrogens with two attached hydrogens (primary N) is 1. The number of halogens is 3. The molecule has 3 aromatic rings. The highest BCUT2D eigenvalue weighted by Gasteiger charge is 2.29. The lowest BCUT2D eigenvalue weighted by Gasteiger charge is -2.27. The summed E-state index contributed by atoms with van der Waals surface area (Å²) in [6, 6.07) is 11.9. The molecule has 0 spiro atoms. The fourth-order valence-electron chi connectivity index (χ4n) is 4.21. The van der Waals surface area contributed by atoms with Crippen molar-refractivity contribution in [3.63, 3.8) is 0 Å². The molecule has 0 aliphatic carbocycles. The van der Waals surface area contributed by atoms with Crippen molar-refractivity contribution in [1.82, 2.24) is 9.88 Å². The van der Waals surface area contributed by atoms with Gasteiger partial charge in [-0.25, -0.2) is 9.98 Å². The Morgan fingerprint density at radius 2 is 1.95 bits per heavy atom. The third-order valence-corrected chi connectivity index (χ3v) is 7.31. The number of nitrogens with one attached hydrogen (secondary N) is 1. The van der Waals surface area contributed by atoms with Crippen LogP contribution in [0.2, 0.25) is 0 Å². The SMILES string of the molecule is Cc1cc(SC(F)(F)F)ccc1Oc1ccccc1-c1csc(NC(N)=NC(C)CN2CCCCC2)n1. The highest BCUT2D eigenvalue weighted by Crippen LogP contribution is 2.40. The van der Waals surface area contributed by atoms with E-state index >= 15 is 0 Å². The van der Waals surface area contributed by atoms with Crippen LogP contribution in [0.1, 0.15) is 31.7 Å². The van der Waals surface area contributed by atoms with E-state index in [1.807, 2.05) is 23.6 Å². The Morgan fingerprint density at radius 1 is 1.19 bits per heavy atom. The maximum Gasteiger partial charge on any atom is 0.446 e. The molecule has 4 rings (SSSR count). The van der Waals surface area contributed by atoms with Gasteiger partial charge in [0.05, 0.1) is 11.7 Å². The molecule has 1 fully saturated rings. The zero-order valence-corrected chi connectivity index (χ0v) is 22.3. The monoisotopic (exact) mass is 549 g/mol. The lowest BCUT2D eigenvalue weighted by molar-refractivity contribution is -0.0328. The summed E-state index contributed by atoms with van der Waals surface area (Å²) >= 11 is 1.26. The van der Waals surface area contributed by atoms with Gasteiger partial charge in [-0.05, 0) is 87.4 Å². The zero-order valence-electron chi connectivity index (χ0n) is 20.7. The van der Waals surface area contributed by atoms with Crippen molar-refractivity contribution < 1.29 is 17.9 Å². The number of nitrogens with zero attached hydrogens (tertiary/aromatic N) is 3. The molecule has 1 aliphatic heterocycles. The molecule has 3 N–H and O–H groups in total. The highest BCUT2D eigenvalue weighted by molar-refractivity contribution is 8.00. The van der Waals surface area contributed by atoms with Gasteiger partial charge in [0.15, 0.2) is 11.1 Å². The van der Waals surface area contributed by atoms with Crippen molar-refractivity contribution in [2.24, 2.45) is 10.7 Å². The molecule has 1 unspecified atom stereocenters. The van der Waals surface area contributed by atoms with Crippen LogP contribution in [0.4, 0.5) is 18.3 Å². The van der Waals surface area contributed by atoms with Gasteiger partial charge in [0.25, 0.3) is 0 Å². The van der Waals surface area contributed by atoms with Crippen molar-refractivity contribution in [3.8, 4) is 22.8 Å². The molecule has 0 radical (unpaired) electrons. The Morgan fingerprint density at radius 3 is 2.68 bits per heavy atom. The van der Waals surface area contributed by atoms with E-state index in [1.165, 1.54) is 42.7 Å². The molecule has 0 amide bonds. The van der Waals surface area contributed by atoms with Crippen molar-refractivity contribution in [1.29, 1.82) is 0 Å². The first-order valence-corrected chi connectivity index (χ1v) is 13.8. The van der Waals surface area contributed by atoms with Crippen molar-refractivity contribution in [2.45, 2.75) is 49.6 Å². The Labute approximate surface area is 223 Å². The van der Waals surface area contributed by atoms with Crippen LogP contribution in [0, 0.1) is 6.92 Å². The van der Waals surface area contributed by atoms with E-state index in [9.17, 15) is 13.2 Å². The van der Waals surface area contributed by atoms with Crippen LogP contribution < -0.4 is 15.8 Å². The van der Waals surface area contributed by atoms with E-state index in [4.69, 9.17) is 10.5 Å². The highest BCUT2D eigenvalue weighted by atomic mass is 32.2.